The Kier molecular flexibility index (Phi) is 7.92. The summed E-state index contributed by atoms with van der Waals surface area (Å²) >= 11 is 1.64. The highest BCUT2D eigenvalue weighted by Gasteiger charge is 2.37. The minimum absolute atomic E-state index is 0.0348. The summed E-state index contributed by atoms with van der Waals surface area (Å²) in [7, 11) is 0. The zero-order chi connectivity index (χ0) is 24.3. The van der Waals surface area contributed by atoms with Crippen LogP contribution in [-0.4, -0.2) is 29.1 Å². The third kappa shape index (κ3) is 6.36. The van der Waals surface area contributed by atoms with Crippen molar-refractivity contribution in [1.29, 1.82) is 0 Å². The van der Waals surface area contributed by atoms with E-state index in [0.717, 1.165) is 41.1 Å². The Balaban J connectivity index is 1.47. The number of piperidine rings is 1. The summed E-state index contributed by atoms with van der Waals surface area (Å²) in [5.41, 5.74) is 0.994. The average molecular weight is 494 g/mol. The SMILES string of the molecule is Cc1cc(SNC2CCC(C)CC2)ccc1Nc1ncc(C(F)(F)F)c(N2CCCC(C)C2)n1. The van der Waals surface area contributed by atoms with Crippen molar-refractivity contribution < 1.29 is 13.2 Å². The van der Waals surface area contributed by atoms with Crippen LogP contribution in [0.4, 0.5) is 30.6 Å². The largest absolute Gasteiger partial charge is 0.421 e. The normalized spacial score (nSPS) is 23.7. The van der Waals surface area contributed by atoms with Crippen molar-refractivity contribution in [2.24, 2.45) is 11.8 Å². The van der Waals surface area contributed by atoms with E-state index >= 15 is 0 Å². The van der Waals surface area contributed by atoms with Crippen LogP contribution in [0.3, 0.4) is 0 Å². The molecule has 2 N–H and O–H groups in total. The Morgan fingerprint density at radius 3 is 2.50 bits per heavy atom. The van der Waals surface area contributed by atoms with E-state index in [1.165, 1.54) is 25.7 Å². The second-order valence-corrected chi connectivity index (χ2v) is 10.8. The molecule has 2 aliphatic rings. The molecule has 0 radical (unpaired) electrons. The lowest BCUT2D eigenvalue weighted by Gasteiger charge is -2.33. The van der Waals surface area contributed by atoms with Crippen LogP contribution >= 0.6 is 11.9 Å². The van der Waals surface area contributed by atoms with Gasteiger partial charge in [0, 0.05) is 35.9 Å². The first-order chi connectivity index (χ1) is 16.2. The highest BCUT2D eigenvalue weighted by molar-refractivity contribution is 7.97. The van der Waals surface area contributed by atoms with E-state index < -0.39 is 11.7 Å². The molecule has 4 rings (SSSR count). The Labute approximate surface area is 204 Å². The van der Waals surface area contributed by atoms with Crippen molar-refractivity contribution in [2.45, 2.75) is 76.4 Å². The minimum atomic E-state index is -4.49. The highest BCUT2D eigenvalue weighted by Crippen LogP contribution is 2.37. The van der Waals surface area contributed by atoms with E-state index in [0.29, 0.717) is 25.0 Å². The number of aromatic nitrogens is 2. The van der Waals surface area contributed by atoms with Gasteiger partial charge in [-0.05, 0) is 93.0 Å². The fourth-order valence-corrected chi connectivity index (χ4v) is 5.66. The zero-order valence-electron chi connectivity index (χ0n) is 20.1. The summed E-state index contributed by atoms with van der Waals surface area (Å²) in [6.45, 7) is 7.49. The molecule has 0 amide bonds. The van der Waals surface area contributed by atoms with Crippen molar-refractivity contribution in [3.63, 3.8) is 0 Å². The molecule has 2 fully saturated rings. The maximum Gasteiger partial charge on any atom is 0.421 e. The van der Waals surface area contributed by atoms with Crippen LogP contribution in [0.2, 0.25) is 0 Å². The average Bonchev–Trinajstić information content (AvgIpc) is 2.79. The van der Waals surface area contributed by atoms with E-state index in [1.807, 2.05) is 19.1 Å². The minimum Gasteiger partial charge on any atom is -0.356 e. The van der Waals surface area contributed by atoms with Crippen LogP contribution < -0.4 is 14.9 Å². The molecule has 1 saturated carbocycles. The molecule has 1 atom stereocenters. The molecular weight excluding hydrogens is 459 g/mol. The van der Waals surface area contributed by atoms with Gasteiger partial charge in [0.05, 0.1) is 0 Å². The number of alkyl halides is 3. The molecule has 186 valence electrons. The molecule has 1 aliphatic heterocycles. The molecule has 1 saturated heterocycles. The molecule has 1 unspecified atom stereocenters. The number of hydrogen-bond acceptors (Lipinski definition) is 6. The smallest absolute Gasteiger partial charge is 0.356 e. The van der Waals surface area contributed by atoms with E-state index in [4.69, 9.17) is 0 Å². The standard InChI is InChI=1S/C25H34F3N5S/c1-16-6-8-19(9-7-16)32-34-20-10-11-22(18(3)13-20)30-24-29-14-21(25(26,27)28)23(31-24)33-12-4-5-17(2)15-33/h10-11,13-14,16-17,19,32H,4-9,12,15H2,1-3H3,(H,29,30,31). The van der Waals surface area contributed by atoms with Crippen molar-refractivity contribution in [3.8, 4) is 0 Å². The number of nitrogens with one attached hydrogen (secondary N) is 2. The summed E-state index contributed by atoms with van der Waals surface area (Å²) in [5, 5.41) is 3.13. The summed E-state index contributed by atoms with van der Waals surface area (Å²) in [6.07, 6.45) is 3.23. The number of nitrogens with zero attached hydrogens (tertiary/aromatic N) is 3. The van der Waals surface area contributed by atoms with Gasteiger partial charge < -0.3 is 10.2 Å². The fourth-order valence-electron chi connectivity index (χ4n) is 4.75. The second-order valence-electron chi connectivity index (χ2n) is 9.90. The van der Waals surface area contributed by atoms with Crippen LogP contribution in [0.5, 0.6) is 0 Å². The Morgan fingerprint density at radius 1 is 1.06 bits per heavy atom. The molecule has 0 spiro atoms. The van der Waals surface area contributed by atoms with Gasteiger partial charge in [0.15, 0.2) is 0 Å². The van der Waals surface area contributed by atoms with Crippen molar-refractivity contribution in [2.75, 3.05) is 23.3 Å². The number of benzene rings is 1. The molecule has 0 bridgehead atoms. The van der Waals surface area contributed by atoms with Gasteiger partial charge in [-0.15, -0.1) is 0 Å². The quantitative estimate of drug-likeness (QED) is 0.424. The maximum absolute atomic E-state index is 13.7. The lowest BCUT2D eigenvalue weighted by Crippen LogP contribution is -2.36. The van der Waals surface area contributed by atoms with Gasteiger partial charge in [0.1, 0.15) is 11.4 Å². The van der Waals surface area contributed by atoms with E-state index in [-0.39, 0.29) is 11.8 Å². The topological polar surface area (TPSA) is 53.1 Å². The Bertz CT molecular complexity index is 976. The molecule has 1 aromatic carbocycles. The summed E-state index contributed by atoms with van der Waals surface area (Å²) in [6, 6.07) is 6.56. The summed E-state index contributed by atoms with van der Waals surface area (Å²) < 4.78 is 44.6. The first-order valence-corrected chi connectivity index (χ1v) is 13.0. The summed E-state index contributed by atoms with van der Waals surface area (Å²) in [4.78, 5) is 11.2. The molecule has 9 heteroatoms. The number of hydrogen-bond donors (Lipinski definition) is 2. The van der Waals surface area contributed by atoms with Gasteiger partial charge in [-0.1, -0.05) is 13.8 Å². The van der Waals surface area contributed by atoms with Crippen molar-refractivity contribution >= 4 is 29.4 Å². The Hall–Kier alpha value is -2.00. The van der Waals surface area contributed by atoms with Gasteiger partial charge in [0.2, 0.25) is 5.95 Å². The monoisotopic (exact) mass is 493 g/mol. The molecule has 34 heavy (non-hydrogen) atoms. The van der Waals surface area contributed by atoms with Gasteiger partial charge in [0.25, 0.3) is 0 Å². The zero-order valence-corrected chi connectivity index (χ0v) is 20.9. The van der Waals surface area contributed by atoms with Gasteiger partial charge >= 0.3 is 6.18 Å². The number of aryl methyl sites for hydroxylation is 1. The van der Waals surface area contributed by atoms with E-state index in [2.05, 4.69) is 39.9 Å². The van der Waals surface area contributed by atoms with Crippen LogP contribution in [-0.2, 0) is 6.18 Å². The van der Waals surface area contributed by atoms with Crippen molar-refractivity contribution in [1.82, 2.24) is 14.7 Å². The third-order valence-electron chi connectivity index (χ3n) is 6.83. The van der Waals surface area contributed by atoms with Crippen LogP contribution in [0.1, 0.15) is 63.5 Å². The lowest BCUT2D eigenvalue weighted by atomic mass is 9.88. The second kappa shape index (κ2) is 10.7. The van der Waals surface area contributed by atoms with Crippen LogP contribution in [0.25, 0.3) is 0 Å². The van der Waals surface area contributed by atoms with E-state index in [1.54, 1.807) is 16.8 Å². The van der Waals surface area contributed by atoms with Gasteiger partial charge in [-0.25, -0.2) is 4.98 Å². The molecule has 2 aromatic rings. The molecule has 2 heterocycles. The highest BCUT2D eigenvalue weighted by atomic mass is 32.2. The lowest BCUT2D eigenvalue weighted by molar-refractivity contribution is -0.137. The molecule has 1 aromatic heterocycles. The first-order valence-electron chi connectivity index (χ1n) is 12.2. The van der Waals surface area contributed by atoms with Crippen molar-refractivity contribution in [3.05, 3.63) is 35.5 Å². The molecule has 1 aliphatic carbocycles. The van der Waals surface area contributed by atoms with E-state index in [9.17, 15) is 13.2 Å². The first kappa shape index (κ1) is 25.1. The van der Waals surface area contributed by atoms with Crippen LogP contribution in [0, 0.1) is 18.8 Å². The molecule has 5 nitrogen and oxygen atoms in total. The number of anilines is 3. The Morgan fingerprint density at radius 2 is 1.82 bits per heavy atom. The molecular formula is C25H34F3N5S. The van der Waals surface area contributed by atoms with Gasteiger partial charge in [-0.2, -0.15) is 18.2 Å². The van der Waals surface area contributed by atoms with Gasteiger partial charge in [-0.3, -0.25) is 4.72 Å². The number of rotatable bonds is 6. The predicted molar refractivity (Wildman–Crippen MR) is 133 cm³/mol. The van der Waals surface area contributed by atoms with Crippen LogP contribution in [0.15, 0.2) is 29.3 Å². The number of halogens is 3. The summed E-state index contributed by atoms with van der Waals surface area (Å²) in [5.74, 6) is 1.30. The fraction of sp³-hybridized carbons (Fsp3) is 0.600. The maximum atomic E-state index is 13.7. The third-order valence-corrected chi connectivity index (χ3v) is 7.78. The predicted octanol–water partition coefficient (Wildman–Crippen LogP) is 6.96.